The standard InChI is InChI=1S/C24H20N4O3/c1-14-12-16(8-9-18(14)31-2)21-20-19-17(13-25-22(20)27-26-21)23(29)28(24(19)30)11-10-15-6-4-3-5-7-15/h3-9,12-13H,10-11H2,1-2H3,(H,25,26,27). The Morgan fingerprint density at radius 1 is 1.06 bits per heavy atom. The van der Waals surface area contributed by atoms with Gasteiger partial charge in [0.25, 0.3) is 11.8 Å². The third-order valence-electron chi connectivity index (χ3n) is 5.66. The van der Waals surface area contributed by atoms with Crippen molar-refractivity contribution >= 4 is 22.8 Å². The molecular formula is C24H20N4O3. The minimum Gasteiger partial charge on any atom is -0.496 e. The van der Waals surface area contributed by atoms with Gasteiger partial charge < -0.3 is 4.74 Å². The number of amides is 2. The zero-order valence-corrected chi connectivity index (χ0v) is 17.2. The lowest BCUT2D eigenvalue weighted by Crippen LogP contribution is -2.31. The Kier molecular flexibility index (Phi) is 4.51. The molecule has 5 rings (SSSR count). The molecule has 7 heteroatoms. The minimum atomic E-state index is -0.316. The van der Waals surface area contributed by atoms with E-state index in [0.717, 1.165) is 22.4 Å². The van der Waals surface area contributed by atoms with Crippen molar-refractivity contribution in [3.05, 3.63) is 77.0 Å². The van der Waals surface area contributed by atoms with Crippen molar-refractivity contribution in [2.75, 3.05) is 13.7 Å². The summed E-state index contributed by atoms with van der Waals surface area (Å²) >= 11 is 0. The molecule has 2 aromatic heterocycles. The van der Waals surface area contributed by atoms with E-state index >= 15 is 0 Å². The lowest BCUT2D eigenvalue weighted by Gasteiger charge is -2.13. The van der Waals surface area contributed by atoms with Gasteiger partial charge in [-0.25, -0.2) is 4.98 Å². The van der Waals surface area contributed by atoms with Gasteiger partial charge in [0, 0.05) is 18.3 Å². The number of aromatic amines is 1. The lowest BCUT2D eigenvalue weighted by molar-refractivity contribution is 0.0656. The Balaban J connectivity index is 1.56. The first-order valence-electron chi connectivity index (χ1n) is 10.0. The quantitative estimate of drug-likeness (QED) is 0.504. The van der Waals surface area contributed by atoms with Crippen LogP contribution in [0.3, 0.4) is 0 Å². The summed E-state index contributed by atoms with van der Waals surface area (Å²) in [4.78, 5) is 32.0. The summed E-state index contributed by atoms with van der Waals surface area (Å²) in [6, 6.07) is 15.5. The van der Waals surface area contributed by atoms with Gasteiger partial charge in [-0.3, -0.25) is 19.6 Å². The Labute approximate surface area is 178 Å². The maximum Gasteiger partial charge on any atom is 0.263 e. The molecular weight excluding hydrogens is 392 g/mol. The second-order valence-electron chi connectivity index (χ2n) is 7.52. The number of pyridine rings is 1. The molecule has 0 fully saturated rings. The molecule has 0 radical (unpaired) electrons. The predicted octanol–water partition coefficient (Wildman–Crippen LogP) is 3.78. The number of H-pyrrole nitrogens is 1. The van der Waals surface area contributed by atoms with E-state index in [1.54, 1.807) is 7.11 Å². The summed E-state index contributed by atoms with van der Waals surface area (Å²) in [7, 11) is 1.62. The number of imide groups is 1. The average molecular weight is 412 g/mol. The highest BCUT2D eigenvalue weighted by atomic mass is 16.5. The van der Waals surface area contributed by atoms with Crippen molar-refractivity contribution in [3.8, 4) is 17.0 Å². The van der Waals surface area contributed by atoms with Crippen LogP contribution in [0.15, 0.2) is 54.7 Å². The van der Waals surface area contributed by atoms with Crippen LogP contribution in [0.25, 0.3) is 22.3 Å². The highest BCUT2D eigenvalue weighted by molar-refractivity contribution is 6.27. The molecule has 1 aliphatic rings. The van der Waals surface area contributed by atoms with E-state index in [-0.39, 0.29) is 11.8 Å². The van der Waals surface area contributed by atoms with E-state index in [1.807, 2.05) is 55.5 Å². The number of methoxy groups -OCH3 is 1. The number of fused-ring (bicyclic) bond motifs is 3. The topological polar surface area (TPSA) is 88.2 Å². The molecule has 0 saturated carbocycles. The van der Waals surface area contributed by atoms with Gasteiger partial charge in [-0.1, -0.05) is 30.3 Å². The summed E-state index contributed by atoms with van der Waals surface area (Å²) in [5.74, 6) is 0.143. The van der Waals surface area contributed by atoms with Gasteiger partial charge in [-0.05, 0) is 42.7 Å². The molecule has 0 atom stereocenters. The summed E-state index contributed by atoms with van der Waals surface area (Å²) < 4.78 is 5.34. The molecule has 4 aromatic rings. The van der Waals surface area contributed by atoms with Crippen LogP contribution in [-0.2, 0) is 6.42 Å². The maximum absolute atomic E-state index is 13.3. The van der Waals surface area contributed by atoms with E-state index in [0.29, 0.717) is 40.8 Å². The number of aryl methyl sites for hydroxylation is 1. The number of aromatic nitrogens is 3. The summed E-state index contributed by atoms with van der Waals surface area (Å²) in [6.45, 7) is 2.26. The van der Waals surface area contributed by atoms with E-state index in [2.05, 4.69) is 15.2 Å². The summed E-state index contributed by atoms with van der Waals surface area (Å²) in [5.41, 5.74) is 4.59. The first kappa shape index (κ1) is 19.0. The van der Waals surface area contributed by atoms with Gasteiger partial charge in [0.05, 0.1) is 23.6 Å². The van der Waals surface area contributed by atoms with Gasteiger partial charge in [-0.2, -0.15) is 5.10 Å². The van der Waals surface area contributed by atoms with Crippen LogP contribution in [0.1, 0.15) is 31.8 Å². The van der Waals surface area contributed by atoms with Crippen LogP contribution < -0.4 is 4.74 Å². The number of nitrogens with zero attached hydrogens (tertiary/aromatic N) is 3. The number of rotatable bonds is 5. The maximum atomic E-state index is 13.3. The fourth-order valence-electron chi connectivity index (χ4n) is 4.07. The molecule has 0 saturated heterocycles. The molecule has 0 aliphatic carbocycles. The third-order valence-corrected chi connectivity index (χ3v) is 5.66. The largest absolute Gasteiger partial charge is 0.496 e. The van der Waals surface area contributed by atoms with Crippen molar-refractivity contribution in [1.29, 1.82) is 0 Å². The second kappa shape index (κ2) is 7.36. The van der Waals surface area contributed by atoms with Crippen LogP contribution in [0.4, 0.5) is 0 Å². The van der Waals surface area contributed by atoms with Crippen molar-refractivity contribution in [2.24, 2.45) is 0 Å². The molecule has 1 N–H and O–H groups in total. The second-order valence-corrected chi connectivity index (χ2v) is 7.52. The molecule has 7 nitrogen and oxygen atoms in total. The fourth-order valence-corrected chi connectivity index (χ4v) is 4.07. The predicted molar refractivity (Wildman–Crippen MR) is 116 cm³/mol. The Bertz CT molecular complexity index is 1330. The van der Waals surface area contributed by atoms with Crippen LogP contribution >= 0.6 is 0 Å². The molecule has 0 unspecified atom stereocenters. The van der Waals surface area contributed by atoms with E-state index in [1.165, 1.54) is 11.1 Å². The highest BCUT2D eigenvalue weighted by Crippen LogP contribution is 2.35. The Morgan fingerprint density at radius 3 is 2.61 bits per heavy atom. The summed E-state index contributed by atoms with van der Waals surface area (Å²) in [6.07, 6.45) is 2.06. The molecule has 2 amide bonds. The van der Waals surface area contributed by atoms with Crippen molar-refractivity contribution in [3.63, 3.8) is 0 Å². The van der Waals surface area contributed by atoms with Crippen molar-refractivity contribution < 1.29 is 14.3 Å². The fraction of sp³-hybridized carbons (Fsp3) is 0.167. The van der Waals surface area contributed by atoms with E-state index in [4.69, 9.17) is 4.74 Å². The number of nitrogens with one attached hydrogen (secondary N) is 1. The Hall–Kier alpha value is -4.00. The van der Waals surface area contributed by atoms with Crippen LogP contribution in [-0.4, -0.2) is 45.6 Å². The number of carbonyl (C=O) groups excluding carboxylic acids is 2. The number of hydrogen-bond donors (Lipinski definition) is 1. The van der Waals surface area contributed by atoms with Crippen LogP contribution in [0, 0.1) is 6.92 Å². The minimum absolute atomic E-state index is 0.309. The van der Waals surface area contributed by atoms with E-state index in [9.17, 15) is 9.59 Å². The molecule has 0 spiro atoms. The molecule has 154 valence electrons. The average Bonchev–Trinajstić information content (AvgIpc) is 3.32. The van der Waals surface area contributed by atoms with Gasteiger partial charge in [0.1, 0.15) is 11.4 Å². The van der Waals surface area contributed by atoms with Gasteiger partial charge in [0.2, 0.25) is 0 Å². The molecule has 2 aromatic carbocycles. The number of ether oxygens (including phenoxy) is 1. The van der Waals surface area contributed by atoms with Gasteiger partial charge >= 0.3 is 0 Å². The van der Waals surface area contributed by atoms with Crippen molar-refractivity contribution in [2.45, 2.75) is 13.3 Å². The number of benzene rings is 2. The van der Waals surface area contributed by atoms with Crippen LogP contribution in [0.5, 0.6) is 5.75 Å². The molecule has 1 aliphatic heterocycles. The normalized spacial score (nSPS) is 13.2. The smallest absolute Gasteiger partial charge is 0.263 e. The number of carbonyl (C=O) groups is 2. The first-order valence-corrected chi connectivity index (χ1v) is 10.0. The van der Waals surface area contributed by atoms with Gasteiger partial charge in [0.15, 0.2) is 5.65 Å². The van der Waals surface area contributed by atoms with Crippen molar-refractivity contribution in [1.82, 2.24) is 20.1 Å². The number of hydrogen-bond acceptors (Lipinski definition) is 5. The van der Waals surface area contributed by atoms with Crippen LogP contribution in [0.2, 0.25) is 0 Å². The molecule has 0 bridgehead atoms. The first-order chi connectivity index (χ1) is 15.1. The SMILES string of the molecule is COc1ccc(-c2n[nH]c3ncc4c(c23)C(=O)N(CCc2ccccc2)C4=O)cc1C. The molecule has 3 heterocycles. The van der Waals surface area contributed by atoms with Gasteiger partial charge in [-0.15, -0.1) is 0 Å². The summed E-state index contributed by atoms with van der Waals surface area (Å²) in [5, 5.41) is 7.88. The monoisotopic (exact) mass is 412 g/mol. The zero-order chi connectivity index (χ0) is 21.5. The third kappa shape index (κ3) is 3.06. The zero-order valence-electron chi connectivity index (χ0n) is 17.2. The van der Waals surface area contributed by atoms with E-state index < -0.39 is 0 Å². The molecule has 31 heavy (non-hydrogen) atoms. The Morgan fingerprint density at radius 2 is 1.87 bits per heavy atom. The lowest BCUT2D eigenvalue weighted by atomic mass is 10.0. The highest BCUT2D eigenvalue weighted by Gasteiger charge is 2.38.